The van der Waals surface area contributed by atoms with Gasteiger partial charge in [0.05, 0.1) is 18.9 Å². The number of benzene rings is 1. The summed E-state index contributed by atoms with van der Waals surface area (Å²) in [6.45, 7) is 4.17. The molecule has 2 aromatic rings. The molecule has 132 valence electrons. The van der Waals surface area contributed by atoms with Crippen LogP contribution in [0.3, 0.4) is 0 Å². The molecule has 1 aromatic heterocycles. The van der Waals surface area contributed by atoms with Crippen molar-refractivity contribution in [2.24, 2.45) is 0 Å². The van der Waals surface area contributed by atoms with E-state index in [2.05, 4.69) is 20.2 Å². The third-order valence-corrected chi connectivity index (χ3v) is 3.94. The number of anilines is 4. The minimum atomic E-state index is -0.244. The molecule has 0 saturated carbocycles. The minimum absolute atomic E-state index is 0.0787. The molecule has 8 heteroatoms. The molecule has 1 aromatic carbocycles. The van der Waals surface area contributed by atoms with Gasteiger partial charge in [0.2, 0.25) is 11.9 Å². The van der Waals surface area contributed by atoms with E-state index in [-0.39, 0.29) is 17.6 Å². The molecular weight excluding hydrogens is 322 g/mol. The first-order valence-electron chi connectivity index (χ1n) is 8.07. The fourth-order valence-electron chi connectivity index (χ4n) is 2.75. The van der Waals surface area contributed by atoms with Crippen molar-refractivity contribution < 1.29 is 14.6 Å². The van der Waals surface area contributed by atoms with Gasteiger partial charge in [-0.1, -0.05) is 0 Å². The average molecular weight is 343 g/mol. The Kier molecular flexibility index (Phi) is 4.99. The van der Waals surface area contributed by atoms with Crippen LogP contribution < -0.4 is 15.1 Å². The Hall–Kier alpha value is -2.87. The number of morpholine rings is 1. The first kappa shape index (κ1) is 17.0. The Morgan fingerprint density at radius 3 is 2.76 bits per heavy atom. The Balaban J connectivity index is 2.01. The zero-order chi connectivity index (χ0) is 17.8. The molecular formula is C17H21N5O3. The highest BCUT2D eigenvalue weighted by atomic mass is 16.5. The van der Waals surface area contributed by atoms with Gasteiger partial charge in [-0.3, -0.25) is 4.79 Å². The van der Waals surface area contributed by atoms with Crippen LogP contribution in [0.25, 0.3) is 0 Å². The van der Waals surface area contributed by atoms with Crippen molar-refractivity contribution in [3.63, 3.8) is 0 Å². The number of carbonyl (C=O) groups is 1. The van der Waals surface area contributed by atoms with Crippen LogP contribution in [0.5, 0.6) is 5.75 Å². The maximum atomic E-state index is 12.3. The minimum Gasteiger partial charge on any atom is -0.508 e. The Morgan fingerprint density at radius 2 is 2.08 bits per heavy atom. The van der Waals surface area contributed by atoms with Crippen molar-refractivity contribution >= 4 is 29.0 Å². The monoisotopic (exact) mass is 343 g/mol. The fourth-order valence-corrected chi connectivity index (χ4v) is 2.75. The normalized spacial score (nSPS) is 14.2. The van der Waals surface area contributed by atoms with Crippen LogP contribution in [-0.2, 0) is 9.53 Å². The number of amides is 1. The van der Waals surface area contributed by atoms with E-state index in [1.54, 1.807) is 25.4 Å². The van der Waals surface area contributed by atoms with Crippen LogP contribution >= 0.6 is 0 Å². The Bertz CT molecular complexity index is 762. The summed E-state index contributed by atoms with van der Waals surface area (Å²) in [6.07, 6.45) is 1.58. The number of hydrogen-bond acceptors (Lipinski definition) is 7. The number of carbonyl (C=O) groups excluding carboxylic acids is 1. The van der Waals surface area contributed by atoms with Gasteiger partial charge in [0, 0.05) is 51.1 Å². The number of aromatic hydroxyl groups is 1. The number of aromatic nitrogens is 2. The molecule has 1 amide bonds. The highest BCUT2D eigenvalue weighted by molar-refractivity contribution is 5.98. The first-order valence-corrected chi connectivity index (χ1v) is 8.07. The molecule has 0 unspecified atom stereocenters. The van der Waals surface area contributed by atoms with Gasteiger partial charge in [-0.05, 0) is 12.1 Å². The molecule has 0 bridgehead atoms. The van der Waals surface area contributed by atoms with E-state index in [0.717, 1.165) is 18.8 Å². The molecule has 0 spiro atoms. The Labute approximate surface area is 146 Å². The molecule has 3 rings (SSSR count). The summed E-state index contributed by atoms with van der Waals surface area (Å²) in [6, 6.07) is 6.77. The zero-order valence-electron chi connectivity index (χ0n) is 14.3. The number of hydrogen-bond donors (Lipinski definition) is 2. The lowest BCUT2D eigenvalue weighted by molar-refractivity contribution is -0.115. The molecule has 0 aliphatic carbocycles. The van der Waals surface area contributed by atoms with Crippen molar-refractivity contribution in [2.75, 3.05) is 48.5 Å². The van der Waals surface area contributed by atoms with Gasteiger partial charge < -0.3 is 20.1 Å². The van der Waals surface area contributed by atoms with Gasteiger partial charge in [-0.2, -0.15) is 4.98 Å². The molecule has 1 fully saturated rings. The summed E-state index contributed by atoms with van der Waals surface area (Å²) < 4.78 is 5.37. The smallest absolute Gasteiger partial charge is 0.238 e. The molecule has 1 aliphatic rings. The lowest BCUT2D eigenvalue weighted by Crippen LogP contribution is -2.36. The number of nitrogens with zero attached hydrogens (tertiary/aromatic N) is 4. The molecule has 0 atom stereocenters. The third-order valence-electron chi connectivity index (χ3n) is 3.94. The second-order valence-corrected chi connectivity index (χ2v) is 5.65. The van der Waals surface area contributed by atoms with Gasteiger partial charge in [0.25, 0.3) is 0 Å². The summed E-state index contributed by atoms with van der Waals surface area (Å²) in [5, 5.41) is 13.1. The van der Waals surface area contributed by atoms with Crippen LogP contribution in [0.1, 0.15) is 6.92 Å². The van der Waals surface area contributed by atoms with E-state index in [9.17, 15) is 9.90 Å². The number of phenols is 1. The molecule has 1 aliphatic heterocycles. The largest absolute Gasteiger partial charge is 0.508 e. The molecule has 0 radical (unpaired) electrons. The Morgan fingerprint density at radius 1 is 1.32 bits per heavy atom. The standard InChI is InChI=1S/C17H21N5O3/c1-12(23)22(17-19-4-3-16(18-2)20-17)14-9-13(10-15(24)11-14)21-5-7-25-8-6-21/h3-4,9-11,24H,5-8H2,1-2H3,(H,18,19,20). The maximum absolute atomic E-state index is 12.3. The molecule has 25 heavy (non-hydrogen) atoms. The predicted octanol–water partition coefficient (Wildman–Crippen LogP) is 1.75. The first-order chi connectivity index (χ1) is 12.1. The summed E-state index contributed by atoms with van der Waals surface area (Å²) in [4.78, 5) is 24.3. The van der Waals surface area contributed by atoms with E-state index < -0.39 is 0 Å². The lowest BCUT2D eigenvalue weighted by Gasteiger charge is -2.30. The van der Waals surface area contributed by atoms with Crippen LogP contribution in [0.15, 0.2) is 30.5 Å². The van der Waals surface area contributed by atoms with Gasteiger partial charge >= 0.3 is 0 Å². The van der Waals surface area contributed by atoms with Crippen LogP contribution in [0.4, 0.5) is 23.1 Å². The molecule has 1 saturated heterocycles. The van der Waals surface area contributed by atoms with Crippen molar-refractivity contribution in [3.05, 3.63) is 30.5 Å². The molecule has 2 heterocycles. The van der Waals surface area contributed by atoms with Crippen LogP contribution in [0.2, 0.25) is 0 Å². The summed E-state index contributed by atoms with van der Waals surface area (Å²) in [7, 11) is 1.75. The van der Waals surface area contributed by atoms with Gasteiger partial charge in [-0.25, -0.2) is 9.88 Å². The summed E-state index contributed by atoms with van der Waals surface area (Å²) >= 11 is 0. The fraction of sp³-hybridized carbons (Fsp3) is 0.353. The summed E-state index contributed by atoms with van der Waals surface area (Å²) in [5.41, 5.74) is 1.34. The van der Waals surface area contributed by atoms with Crippen LogP contribution in [0, 0.1) is 0 Å². The second-order valence-electron chi connectivity index (χ2n) is 5.65. The van der Waals surface area contributed by atoms with E-state index in [1.807, 2.05) is 6.07 Å². The van der Waals surface area contributed by atoms with Crippen molar-refractivity contribution in [1.29, 1.82) is 0 Å². The lowest BCUT2D eigenvalue weighted by atomic mass is 10.2. The third kappa shape index (κ3) is 3.80. The van der Waals surface area contributed by atoms with Crippen molar-refractivity contribution in [2.45, 2.75) is 6.92 Å². The molecule has 2 N–H and O–H groups in total. The average Bonchev–Trinajstić information content (AvgIpc) is 2.62. The van der Waals surface area contributed by atoms with Crippen molar-refractivity contribution in [3.8, 4) is 5.75 Å². The highest BCUT2D eigenvalue weighted by Crippen LogP contribution is 2.32. The van der Waals surface area contributed by atoms with Gasteiger partial charge in [0.15, 0.2) is 0 Å². The van der Waals surface area contributed by atoms with E-state index in [0.29, 0.717) is 24.7 Å². The van der Waals surface area contributed by atoms with Crippen molar-refractivity contribution in [1.82, 2.24) is 9.97 Å². The predicted molar refractivity (Wildman–Crippen MR) is 95.5 cm³/mol. The number of rotatable bonds is 4. The SMILES string of the molecule is CNc1ccnc(N(C(C)=O)c2cc(O)cc(N3CCOCC3)c2)n1. The van der Waals surface area contributed by atoms with E-state index >= 15 is 0 Å². The van der Waals surface area contributed by atoms with Gasteiger partial charge in [0.1, 0.15) is 11.6 Å². The highest BCUT2D eigenvalue weighted by Gasteiger charge is 2.20. The quantitative estimate of drug-likeness (QED) is 0.874. The van der Waals surface area contributed by atoms with E-state index in [1.165, 1.54) is 17.9 Å². The molecule has 8 nitrogen and oxygen atoms in total. The zero-order valence-corrected chi connectivity index (χ0v) is 14.3. The van der Waals surface area contributed by atoms with E-state index in [4.69, 9.17) is 4.74 Å². The summed E-state index contributed by atoms with van der Waals surface area (Å²) in [5.74, 6) is 0.685. The van der Waals surface area contributed by atoms with Crippen LogP contribution in [-0.4, -0.2) is 54.3 Å². The second kappa shape index (κ2) is 7.35. The number of nitrogens with one attached hydrogen (secondary N) is 1. The maximum Gasteiger partial charge on any atom is 0.238 e. The number of ether oxygens (including phenoxy) is 1. The number of phenolic OH excluding ortho intramolecular Hbond substituents is 1. The van der Waals surface area contributed by atoms with Gasteiger partial charge in [-0.15, -0.1) is 0 Å². The topological polar surface area (TPSA) is 90.8 Å².